The van der Waals surface area contributed by atoms with Crippen LogP contribution in [0.4, 0.5) is 14.7 Å². The van der Waals surface area contributed by atoms with Crippen LogP contribution in [0.15, 0.2) is 54.2 Å². The topological polar surface area (TPSA) is 59.8 Å². The van der Waals surface area contributed by atoms with E-state index in [4.69, 9.17) is 0 Å². The molecule has 2 aliphatic rings. The predicted molar refractivity (Wildman–Crippen MR) is 108 cm³/mol. The number of anilines is 1. The Kier molecular flexibility index (Phi) is 4.27. The van der Waals surface area contributed by atoms with E-state index in [9.17, 15) is 13.6 Å². The molecule has 5 nitrogen and oxygen atoms in total. The number of carbonyl (C=O) groups is 1. The third-order valence-electron chi connectivity index (χ3n) is 5.75. The molecule has 3 atom stereocenters. The van der Waals surface area contributed by atoms with Crippen molar-refractivity contribution < 1.29 is 13.6 Å². The quantitative estimate of drug-likeness (QED) is 0.683. The molecule has 0 fully saturated rings. The third kappa shape index (κ3) is 3.10. The van der Waals surface area contributed by atoms with Gasteiger partial charge in [-0.05, 0) is 37.1 Å². The van der Waals surface area contributed by atoms with Gasteiger partial charge in [-0.25, -0.2) is 13.5 Å². The van der Waals surface area contributed by atoms with Gasteiger partial charge in [-0.1, -0.05) is 35.9 Å². The van der Waals surface area contributed by atoms with Gasteiger partial charge in [-0.2, -0.15) is 10.1 Å². The van der Waals surface area contributed by atoms with Crippen molar-refractivity contribution in [2.45, 2.75) is 32.2 Å². The van der Waals surface area contributed by atoms with Crippen LogP contribution in [0.1, 0.15) is 40.9 Å². The molecule has 1 aliphatic carbocycles. The van der Waals surface area contributed by atoms with Crippen LogP contribution < -0.4 is 5.32 Å². The maximum atomic E-state index is 14.0. The normalized spacial score (nSPS) is 22.7. The molecule has 5 rings (SSSR count). The summed E-state index contributed by atoms with van der Waals surface area (Å²) in [5, 5.41) is 7.64. The van der Waals surface area contributed by atoms with Crippen LogP contribution in [0.5, 0.6) is 0 Å². The molecule has 152 valence electrons. The van der Waals surface area contributed by atoms with Gasteiger partial charge in [-0.15, -0.1) is 0 Å². The van der Waals surface area contributed by atoms with Crippen LogP contribution in [0, 0.1) is 31.4 Å². The fraction of sp³-hybridized carbons (Fsp3) is 0.261. The van der Waals surface area contributed by atoms with Gasteiger partial charge in [0.05, 0.1) is 12.0 Å². The number of ketones is 1. The summed E-state index contributed by atoms with van der Waals surface area (Å²) in [6.07, 6.45) is 2.35. The number of hydrogen-bond donors (Lipinski definition) is 1. The van der Waals surface area contributed by atoms with E-state index in [2.05, 4.69) is 21.5 Å². The first-order valence-corrected chi connectivity index (χ1v) is 9.86. The Balaban J connectivity index is 1.65. The standard InChI is InChI=1S/C23H20F2N4O/c1-12-4-3-5-14(6-12)15-9-19-21(20(30)10-15)22(16-7-17(24)11-18(25)8-16)29-23(27-19)26-13(2)28-29/h3-9,11,15,21-22H,10H2,1-2H3,(H,26,27,28)/t15-,21-,22-/m1/s1. The average molecular weight is 406 g/mol. The Morgan fingerprint density at radius 3 is 2.57 bits per heavy atom. The highest BCUT2D eigenvalue weighted by Gasteiger charge is 2.43. The summed E-state index contributed by atoms with van der Waals surface area (Å²) >= 11 is 0. The fourth-order valence-electron chi connectivity index (χ4n) is 4.54. The van der Waals surface area contributed by atoms with Crippen molar-refractivity contribution in [3.63, 3.8) is 0 Å². The monoisotopic (exact) mass is 406 g/mol. The summed E-state index contributed by atoms with van der Waals surface area (Å²) in [7, 11) is 0. The van der Waals surface area contributed by atoms with Gasteiger partial charge in [-0.3, -0.25) is 4.79 Å². The van der Waals surface area contributed by atoms with Crippen LogP contribution in [0.3, 0.4) is 0 Å². The molecule has 2 heterocycles. The highest BCUT2D eigenvalue weighted by molar-refractivity contribution is 5.88. The molecule has 1 N–H and O–H groups in total. The second-order valence-corrected chi connectivity index (χ2v) is 7.99. The molecule has 0 spiro atoms. The number of aryl methyl sites for hydroxylation is 2. The zero-order valence-corrected chi connectivity index (χ0v) is 16.6. The predicted octanol–water partition coefficient (Wildman–Crippen LogP) is 4.44. The molecule has 1 aliphatic heterocycles. The van der Waals surface area contributed by atoms with E-state index in [1.807, 2.05) is 31.2 Å². The van der Waals surface area contributed by atoms with Crippen LogP contribution in [-0.4, -0.2) is 20.5 Å². The molecule has 30 heavy (non-hydrogen) atoms. The molecule has 1 aromatic heterocycles. The first-order chi connectivity index (χ1) is 14.4. The van der Waals surface area contributed by atoms with Crippen molar-refractivity contribution in [2.75, 3.05) is 5.32 Å². The number of hydrogen-bond acceptors (Lipinski definition) is 4. The number of allylic oxidation sites excluding steroid dienone is 2. The fourth-order valence-corrected chi connectivity index (χ4v) is 4.54. The van der Waals surface area contributed by atoms with E-state index in [-0.39, 0.29) is 11.7 Å². The lowest BCUT2D eigenvalue weighted by Gasteiger charge is -2.38. The first kappa shape index (κ1) is 18.7. The molecule has 2 aromatic carbocycles. The van der Waals surface area contributed by atoms with Gasteiger partial charge >= 0.3 is 0 Å². The minimum Gasteiger partial charge on any atom is -0.328 e. The zero-order valence-electron chi connectivity index (χ0n) is 16.6. The van der Waals surface area contributed by atoms with Gasteiger partial charge in [0.25, 0.3) is 0 Å². The molecule has 3 aromatic rings. The van der Waals surface area contributed by atoms with Crippen LogP contribution in [-0.2, 0) is 4.79 Å². The second-order valence-electron chi connectivity index (χ2n) is 7.99. The van der Waals surface area contributed by atoms with Gasteiger partial charge in [0, 0.05) is 24.1 Å². The molecular weight excluding hydrogens is 386 g/mol. The molecule has 0 unspecified atom stereocenters. The van der Waals surface area contributed by atoms with Crippen molar-refractivity contribution in [2.24, 2.45) is 5.92 Å². The number of benzene rings is 2. The van der Waals surface area contributed by atoms with Gasteiger partial charge in [0.15, 0.2) is 0 Å². The summed E-state index contributed by atoms with van der Waals surface area (Å²) in [6.45, 7) is 3.76. The first-order valence-electron chi connectivity index (χ1n) is 9.86. The second kappa shape index (κ2) is 6.86. The van der Waals surface area contributed by atoms with Gasteiger partial charge in [0.1, 0.15) is 23.2 Å². The summed E-state index contributed by atoms with van der Waals surface area (Å²) in [5.41, 5.74) is 3.25. The summed E-state index contributed by atoms with van der Waals surface area (Å²) in [4.78, 5) is 17.7. The Labute approximate surface area is 172 Å². The largest absolute Gasteiger partial charge is 0.328 e. The summed E-state index contributed by atoms with van der Waals surface area (Å²) in [5.74, 6) is -1.08. The lowest BCUT2D eigenvalue weighted by molar-refractivity contribution is -0.123. The Morgan fingerprint density at radius 1 is 1.07 bits per heavy atom. The van der Waals surface area contributed by atoms with E-state index in [0.29, 0.717) is 29.5 Å². The number of carbonyl (C=O) groups excluding carboxylic acids is 1. The highest BCUT2D eigenvalue weighted by atomic mass is 19.1. The lowest BCUT2D eigenvalue weighted by atomic mass is 9.75. The number of halogens is 2. The molecule has 0 saturated heterocycles. The van der Waals surface area contributed by atoms with Crippen molar-refractivity contribution in [3.8, 4) is 0 Å². The maximum Gasteiger partial charge on any atom is 0.226 e. The number of nitrogens with zero attached hydrogens (tertiary/aromatic N) is 3. The van der Waals surface area contributed by atoms with E-state index in [0.717, 1.165) is 17.2 Å². The Bertz CT molecular complexity index is 1180. The van der Waals surface area contributed by atoms with E-state index < -0.39 is 23.6 Å². The molecular formula is C23H20F2N4O. The number of Topliss-reactive ketones (excluding diaryl/α,β-unsaturated/α-hetero) is 1. The van der Waals surface area contributed by atoms with Gasteiger partial charge < -0.3 is 5.32 Å². The van der Waals surface area contributed by atoms with Crippen molar-refractivity contribution in [1.29, 1.82) is 0 Å². The lowest BCUT2D eigenvalue weighted by Crippen LogP contribution is -2.40. The Morgan fingerprint density at radius 2 is 1.83 bits per heavy atom. The SMILES string of the molecule is Cc1cccc([C@@H]2C=C3Nc4nc(C)nn4[C@H](c4cc(F)cc(F)c4)[C@H]3C(=O)C2)c1. The third-order valence-corrected chi connectivity index (χ3v) is 5.75. The van der Waals surface area contributed by atoms with Gasteiger partial charge in [0.2, 0.25) is 5.95 Å². The Hall–Kier alpha value is -3.35. The highest BCUT2D eigenvalue weighted by Crippen LogP contribution is 2.44. The minimum absolute atomic E-state index is 0.0000198. The summed E-state index contributed by atoms with van der Waals surface area (Å²) in [6, 6.07) is 10.8. The molecule has 0 saturated carbocycles. The number of rotatable bonds is 2. The number of nitrogens with one attached hydrogen (secondary N) is 1. The molecule has 7 heteroatoms. The molecule has 0 bridgehead atoms. The van der Waals surface area contributed by atoms with Crippen molar-refractivity contribution in [1.82, 2.24) is 14.8 Å². The van der Waals surface area contributed by atoms with E-state index >= 15 is 0 Å². The van der Waals surface area contributed by atoms with E-state index in [1.54, 1.807) is 11.6 Å². The summed E-state index contributed by atoms with van der Waals surface area (Å²) < 4.78 is 29.6. The van der Waals surface area contributed by atoms with Crippen molar-refractivity contribution in [3.05, 3.63) is 88.4 Å². The number of fused-ring (bicyclic) bond motifs is 2. The number of aromatic nitrogens is 3. The minimum atomic E-state index is -0.687. The maximum absolute atomic E-state index is 14.0. The molecule has 0 radical (unpaired) electrons. The zero-order chi connectivity index (χ0) is 21.0. The molecule has 0 amide bonds. The van der Waals surface area contributed by atoms with Crippen molar-refractivity contribution >= 4 is 11.7 Å². The smallest absolute Gasteiger partial charge is 0.226 e. The van der Waals surface area contributed by atoms with Crippen LogP contribution in [0.25, 0.3) is 0 Å². The van der Waals surface area contributed by atoms with E-state index in [1.165, 1.54) is 12.1 Å². The van der Waals surface area contributed by atoms with Crippen LogP contribution >= 0.6 is 0 Å². The average Bonchev–Trinajstić information content (AvgIpc) is 3.05. The van der Waals surface area contributed by atoms with Crippen LogP contribution in [0.2, 0.25) is 0 Å².